The van der Waals surface area contributed by atoms with Crippen LogP contribution in [-0.4, -0.2) is 22.1 Å². The maximum Gasteiger partial charge on any atom is 0.216 e. The van der Waals surface area contributed by atoms with Crippen LogP contribution >= 0.6 is 69.6 Å². The van der Waals surface area contributed by atoms with E-state index in [0.29, 0.717) is 11.3 Å². The van der Waals surface area contributed by atoms with Gasteiger partial charge < -0.3 is 4.74 Å². The molecule has 0 aliphatic rings. The first-order valence-electron chi connectivity index (χ1n) is 5.63. The largest absolute Gasteiger partial charge is 0.497 e. The van der Waals surface area contributed by atoms with Gasteiger partial charge in [0.15, 0.2) is 5.82 Å². The lowest BCUT2D eigenvalue weighted by atomic mass is 10.0. The van der Waals surface area contributed by atoms with Crippen LogP contribution in [0.1, 0.15) is 11.1 Å². The Balaban J connectivity index is 2.88. The van der Waals surface area contributed by atoms with Crippen molar-refractivity contribution >= 4 is 69.6 Å². The minimum Gasteiger partial charge on any atom is -0.497 e. The summed E-state index contributed by atoms with van der Waals surface area (Å²) in [7, 11) is 1.45. The SMILES string of the molecule is COc1cc(C(Cl)(Cl)Cl)c(-c2ncncn2)c(C(Cl)(Cl)Cl)c1. The number of ether oxygens (including phenoxy) is 1. The molecule has 0 saturated carbocycles. The molecule has 0 N–H and O–H groups in total. The van der Waals surface area contributed by atoms with Gasteiger partial charge in [-0.1, -0.05) is 69.6 Å². The smallest absolute Gasteiger partial charge is 0.216 e. The average Bonchev–Trinajstić information content (AvgIpc) is 2.45. The number of methoxy groups -OCH3 is 1. The lowest BCUT2D eigenvalue weighted by Gasteiger charge is -2.23. The van der Waals surface area contributed by atoms with Gasteiger partial charge in [0.2, 0.25) is 7.59 Å². The van der Waals surface area contributed by atoms with Crippen molar-refractivity contribution in [2.24, 2.45) is 0 Å². The second-order valence-corrected chi connectivity index (χ2v) is 8.62. The van der Waals surface area contributed by atoms with Crippen molar-refractivity contribution in [2.75, 3.05) is 7.11 Å². The monoisotopic (exact) mass is 419 g/mol. The van der Waals surface area contributed by atoms with Gasteiger partial charge in [-0.05, 0) is 12.1 Å². The van der Waals surface area contributed by atoms with Gasteiger partial charge in [0.05, 0.1) is 7.11 Å². The summed E-state index contributed by atoms with van der Waals surface area (Å²) in [6.07, 6.45) is 2.58. The van der Waals surface area contributed by atoms with Crippen molar-refractivity contribution in [3.63, 3.8) is 0 Å². The minimum absolute atomic E-state index is 0.209. The van der Waals surface area contributed by atoms with Crippen LogP contribution in [-0.2, 0) is 7.59 Å². The second kappa shape index (κ2) is 6.71. The Labute approximate surface area is 156 Å². The lowest BCUT2D eigenvalue weighted by molar-refractivity contribution is 0.414. The van der Waals surface area contributed by atoms with Crippen molar-refractivity contribution in [2.45, 2.75) is 7.59 Å². The standard InChI is InChI=1S/C12H7Cl6N3O/c1-22-6-2-7(11(13,14)15)9(8(3-6)12(16,17)18)10-20-4-19-5-21-10/h2-5H,1H3. The Morgan fingerprint density at radius 2 is 1.32 bits per heavy atom. The number of aromatic nitrogens is 3. The first kappa shape index (κ1) is 18.1. The van der Waals surface area contributed by atoms with Crippen molar-refractivity contribution in [1.29, 1.82) is 0 Å². The van der Waals surface area contributed by atoms with E-state index in [1.54, 1.807) is 0 Å². The molecule has 0 aliphatic carbocycles. The third-order valence-electron chi connectivity index (χ3n) is 2.68. The Bertz CT molecular complexity index is 634. The Hall–Kier alpha value is -0.230. The van der Waals surface area contributed by atoms with Gasteiger partial charge in [-0.3, -0.25) is 0 Å². The molecule has 0 radical (unpaired) electrons. The summed E-state index contributed by atoms with van der Waals surface area (Å²) < 4.78 is 1.56. The Kier molecular flexibility index (Phi) is 5.53. The van der Waals surface area contributed by atoms with E-state index < -0.39 is 7.59 Å². The summed E-state index contributed by atoms with van der Waals surface area (Å²) in [6, 6.07) is 3.04. The zero-order valence-electron chi connectivity index (χ0n) is 10.8. The third-order valence-corrected chi connectivity index (χ3v) is 3.90. The molecule has 0 spiro atoms. The quantitative estimate of drug-likeness (QED) is 0.625. The van der Waals surface area contributed by atoms with Crippen LogP contribution < -0.4 is 4.74 Å². The molecule has 1 aromatic carbocycles. The molecular formula is C12H7Cl6N3O. The normalized spacial score (nSPS) is 12.3. The highest BCUT2D eigenvalue weighted by atomic mass is 35.6. The fraction of sp³-hybridized carbons (Fsp3) is 0.250. The number of halogens is 6. The number of nitrogens with zero attached hydrogens (tertiary/aromatic N) is 3. The number of rotatable bonds is 2. The summed E-state index contributed by atoms with van der Waals surface area (Å²) >= 11 is 36.2. The van der Waals surface area contributed by atoms with E-state index in [-0.39, 0.29) is 17.0 Å². The lowest BCUT2D eigenvalue weighted by Crippen LogP contribution is -2.12. The topological polar surface area (TPSA) is 47.9 Å². The molecule has 0 unspecified atom stereocenters. The van der Waals surface area contributed by atoms with E-state index in [2.05, 4.69) is 15.0 Å². The molecule has 0 aliphatic heterocycles. The highest BCUT2D eigenvalue weighted by molar-refractivity contribution is 6.68. The predicted molar refractivity (Wildman–Crippen MR) is 90.3 cm³/mol. The average molecular weight is 422 g/mol. The third kappa shape index (κ3) is 3.99. The van der Waals surface area contributed by atoms with Gasteiger partial charge in [-0.25, -0.2) is 15.0 Å². The first-order chi connectivity index (χ1) is 10.1. The molecule has 0 amide bonds. The molecule has 1 aromatic heterocycles. The van der Waals surface area contributed by atoms with Crippen LogP contribution in [0.3, 0.4) is 0 Å². The van der Waals surface area contributed by atoms with Crippen LogP contribution in [0, 0.1) is 0 Å². The molecule has 0 bridgehead atoms. The highest BCUT2D eigenvalue weighted by Crippen LogP contribution is 2.50. The summed E-state index contributed by atoms with van der Waals surface area (Å²) in [5, 5.41) is 0. The molecular weight excluding hydrogens is 415 g/mol. The summed E-state index contributed by atoms with van der Waals surface area (Å²) in [5.41, 5.74) is 0.747. The Morgan fingerprint density at radius 3 is 1.68 bits per heavy atom. The maximum absolute atomic E-state index is 6.04. The highest BCUT2D eigenvalue weighted by Gasteiger charge is 2.36. The summed E-state index contributed by atoms with van der Waals surface area (Å²) in [4.78, 5) is 11.8. The number of alkyl halides is 6. The van der Waals surface area contributed by atoms with Gasteiger partial charge in [-0.2, -0.15) is 0 Å². The van der Waals surface area contributed by atoms with E-state index in [0.717, 1.165) is 0 Å². The molecule has 0 saturated heterocycles. The van der Waals surface area contributed by atoms with Crippen molar-refractivity contribution in [3.8, 4) is 17.1 Å². The molecule has 118 valence electrons. The van der Waals surface area contributed by atoms with Crippen LogP contribution in [0.15, 0.2) is 24.8 Å². The van der Waals surface area contributed by atoms with Crippen LogP contribution in [0.5, 0.6) is 5.75 Å². The zero-order valence-corrected chi connectivity index (χ0v) is 15.4. The molecule has 4 nitrogen and oxygen atoms in total. The second-order valence-electron chi connectivity index (χ2n) is 4.05. The number of benzene rings is 1. The molecule has 0 fully saturated rings. The Morgan fingerprint density at radius 1 is 0.864 bits per heavy atom. The van der Waals surface area contributed by atoms with Gasteiger partial charge in [0.1, 0.15) is 18.4 Å². The summed E-state index contributed by atoms with van der Waals surface area (Å²) in [5.74, 6) is 0.570. The molecule has 2 aromatic rings. The zero-order chi connectivity index (χ0) is 16.5. The summed E-state index contributed by atoms with van der Waals surface area (Å²) in [6.45, 7) is 0. The minimum atomic E-state index is -1.80. The molecule has 22 heavy (non-hydrogen) atoms. The molecule has 10 heteroatoms. The van der Waals surface area contributed by atoms with E-state index in [9.17, 15) is 0 Å². The molecule has 2 rings (SSSR count). The van der Waals surface area contributed by atoms with Gasteiger partial charge >= 0.3 is 0 Å². The van der Waals surface area contributed by atoms with Crippen LogP contribution in [0.2, 0.25) is 0 Å². The van der Waals surface area contributed by atoms with Crippen LogP contribution in [0.4, 0.5) is 0 Å². The number of hydrogen-bond donors (Lipinski definition) is 0. The van der Waals surface area contributed by atoms with Crippen molar-refractivity contribution in [1.82, 2.24) is 15.0 Å². The van der Waals surface area contributed by atoms with Gasteiger partial charge in [-0.15, -0.1) is 0 Å². The van der Waals surface area contributed by atoms with Crippen molar-refractivity contribution in [3.05, 3.63) is 35.9 Å². The van der Waals surface area contributed by atoms with Crippen LogP contribution in [0.25, 0.3) is 11.4 Å². The van der Waals surface area contributed by atoms with E-state index >= 15 is 0 Å². The molecule has 0 atom stereocenters. The molecule has 1 heterocycles. The first-order valence-corrected chi connectivity index (χ1v) is 7.90. The number of hydrogen-bond acceptors (Lipinski definition) is 4. The van der Waals surface area contributed by atoms with Gasteiger partial charge in [0, 0.05) is 16.7 Å². The van der Waals surface area contributed by atoms with Crippen molar-refractivity contribution < 1.29 is 4.74 Å². The predicted octanol–water partition coefficient (Wildman–Crippen LogP) is 5.20. The maximum atomic E-state index is 6.04. The van der Waals surface area contributed by atoms with Gasteiger partial charge in [0.25, 0.3) is 0 Å². The fourth-order valence-corrected chi connectivity index (χ4v) is 2.68. The van der Waals surface area contributed by atoms with E-state index in [1.165, 1.54) is 31.9 Å². The van der Waals surface area contributed by atoms with E-state index in [1.807, 2.05) is 0 Å². The fourth-order valence-electron chi connectivity index (χ4n) is 1.79. The van der Waals surface area contributed by atoms with E-state index in [4.69, 9.17) is 74.3 Å².